The molecule has 1 aliphatic carbocycles. The zero-order chi connectivity index (χ0) is 14.9. The van der Waals surface area contributed by atoms with E-state index >= 15 is 0 Å². The highest BCUT2D eigenvalue weighted by atomic mass is 32.2. The smallest absolute Gasteiger partial charge is 0.241 e. The van der Waals surface area contributed by atoms with Crippen LogP contribution in [-0.4, -0.2) is 38.8 Å². The van der Waals surface area contributed by atoms with Crippen molar-refractivity contribution < 1.29 is 12.9 Å². The van der Waals surface area contributed by atoms with Crippen LogP contribution in [0.25, 0.3) is 0 Å². The van der Waals surface area contributed by atoms with Gasteiger partial charge in [-0.25, -0.2) is 13.1 Å². The zero-order valence-electron chi connectivity index (χ0n) is 11.6. The van der Waals surface area contributed by atoms with Crippen LogP contribution in [0.1, 0.15) is 49.8 Å². The summed E-state index contributed by atoms with van der Waals surface area (Å²) in [7, 11) is -3.45. The van der Waals surface area contributed by atoms with Gasteiger partial charge in [0.15, 0.2) is 21.5 Å². The lowest BCUT2D eigenvalue weighted by Gasteiger charge is -2.02. The number of aryl methyl sites for hydroxylation is 1. The molecule has 0 spiro atoms. The van der Waals surface area contributed by atoms with Crippen molar-refractivity contribution in [1.82, 2.24) is 30.3 Å². The molecule has 1 saturated carbocycles. The largest absolute Gasteiger partial charge is 0.338 e. The lowest BCUT2D eigenvalue weighted by atomic mass is 10.3. The van der Waals surface area contributed by atoms with E-state index < -0.39 is 9.84 Å². The van der Waals surface area contributed by atoms with Gasteiger partial charge in [0.05, 0.1) is 6.04 Å². The Kier molecular flexibility index (Phi) is 3.70. The number of aromatic nitrogens is 6. The SMILES string of the molecule is CCCc1noc(CS(=O)(=O)Cc2nnnn2C2CC2)n1. The lowest BCUT2D eigenvalue weighted by molar-refractivity contribution is 0.382. The highest BCUT2D eigenvalue weighted by Gasteiger charge is 2.30. The van der Waals surface area contributed by atoms with Crippen molar-refractivity contribution in [2.24, 2.45) is 0 Å². The number of sulfone groups is 1. The Hall–Kier alpha value is -1.84. The minimum atomic E-state index is -3.45. The molecule has 0 unspecified atom stereocenters. The Bertz CT molecular complexity index is 718. The van der Waals surface area contributed by atoms with Crippen LogP contribution in [0.5, 0.6) is 0 Å². The quantitative estimate of drug-likeness (QED) is 0.723. The second-order valence-corrected chi connectivity index (χ2v) is 7.22. The first-order valence-electron chi connectivity index (χ1n) is 6.86. The summed E-state index contributed by atoms with van der Waals surface area (Å²) in [6.45, 7) is 1.99. The van der Waals surface area contributed by atoms with E-state index in [9.17, 15) is 8.42 Å². The molecule has 0 N–H and O–H groups in total. The molecule has 3 rings (SSSR count). The van der Waals surface area contributed by atoms with Gasteiger partial charge in [-0.2, -0.15) is 4.98 Å². The van der Waals surface area contributed by atoms with Crippen LogP contribution in [0.4, 0.5) is 0 Å². The van der Waals surface area contributed by atoms with Crippen molar-refractivity contribution >= 4 is 9.84 Å². The van der Waals surface area contributed by atoms with Gasteiger partial charge in [-0.05, 0) is 29.7 Å². The fourth-order valence-corrected chi connectivity index (χ4v) is 3.20. The lowest BCUT2D eigenvalue weighted by Crippen LogP contribution is -2.13. The predicted octanol–water partition coefficient (Wildman–Crippen LogP) is 0.458. The summed E-state index contributed by atoms with van der Waals surface area (Å²) in [6.07, 6.45) is 3.52. The minimum absolute atomic E-state index is 0.115. The average Bonchev–Trinajstić information content (AvgIpc) is 3.01. The molecule has 0 saturated heterocycles. The van der Waals surface area contributed by atoms with Crippen molar-refractivity contribution in [1.29, 1.82) is 0 Å². The predicted molar refractivity (Wildman–Crippen MR) is 70.7 cm³/mol. The molecule has 0 amide bonds. The molecule has 1 fully saturated rings. The van der Waals surface area contributed by atoms with Crippen LogP contribution in [0, 0.1) is 0 Å². The number of hydrogen-bond acceptors (Lipinski definition) is 8. The van der Waals surface area contributed by atoms with Gasteiger partial charge in [0.2, 0.25) is 5.89 Å². The topological polar surface area (TPSA) is 117 Å². The molecule has 10 heteroatoms. The van der Waals surface area contributed by atoms with E-state index in [1.807, 2.05) is 6.92 Å². The highest BCUT2D eigenvalue weighted by molar-refractivity contribution is 7.89. The Balaban J connectivity index is 1.69. The second-order valence-electron chi connectivity index (χ2n) is 5.16. The van der Waals surface area contributed by atoms with Gasteiger partial charge in [0, 0.05) is 6.42 Å². The van der Waals surface area contributed by atoms with Crippen molar-refractivity contribution in [3.8, 4) is 0 Å². The normalized spacial score (nSPS) is 15.5. The third-order valence-corrected chi connectivity index (χ3v) is 4.51. The molecule has 0 radical (unpaired) electrons. The second kappa shape index (κ2) is 5.51. The van der Waals surface area contributed by atoms with Gasteiger partial charge in [0.1, 0.15) is 11.5 Å². The Morgan fingerprint density at radius 3 is 2.86 bits per heavy atom. The van der Waals surface area contributed by atoms with Crippen LogP contribution in [-0.2, 0) is 27.8 Å². The zero-order valence-corrected chi connectivity index (χ0v) is 12.5. The van der Waals surface area contributed by atoms with E-state index in [1.165, 1.54) is 0 Å². The monoisotopic (exact) mass is 312 g/mol. The molecule has 0 aromatic carbocycles. The third-order valence-electron chi connectivity index (χ3n) is 3.13. The molecule has 1 aliphatic rings. The number of rotatable bonds is 7. The first-order valence-corrected chi connectivity index (χ1v) is 8.68. The molecule has 2 aromatic rings. The summed E-state index contributed by atoms with van der Waals surface area (Å²) in [5, 5.41) is 14.9. The summed E-state index contributed by atoms with van der Waals surface area (Å²) in [5.74, 6) is 0.503. The van der Waals surface area contributed by atoms with Gasteiger partial charge < -0.3 is 4.52 Å². The standard InChI is InChI=1S/C11H16N6O3S/c1-2-3-9-12-11(20-14-9)7-21(18,19)6-10-13-15-16-17(10)8-4-5-8/h8H,2-7H2,1H3. The van der Waals surface area contributed by atoms with Crippen LogP contribution in [0.3, 0.4) is 0 Å². The molecule has 0 aliphatic heterocycles. The van der Waals surface area contributed by atoms with E-state index in [-0.39, 0.29) is 23.4 Å². The summed E-state index contributed by atoms with van der Waals surface area (Å²) >= 11 is 0. The average molecular weight is 312 g/mol. The molecule has 2 aromatic heterocycles. The van der Waals surface area contributed by atoms with Crippen LogP contribution >= 0.6 is 0 Å². The van der Waals surface area contributed by atoms with E-state index in [1.54, 1.807) is 4.68 Å². The van der Waals surface area contributed by atoms with Crippen LogP contribution in [0.15, 0.2) is 4.52 Å². The molecule has 0 bridgehead atoms. The maximum Gasteiger partial charge on any atom is 0.241 e. The van der Waals surface area contributed by atoms with Gasteiger partial charge in [-0.3, -0.25) is 0 Å². The first-order chi connectivity index (χ1) is 10.1. The fourth-order valence-electron chi connectivity index (χ4n) is 2.02. The van der Waals surface area contributed by atoms with E-state index in [2.05, 4.69) is 25.7 Å². The fraction of sp³-hybridized carbons (Fsp3) is 0.727. The third kappa shape index (κ3) is 3.43. The number of nitrogens with zero attached hydrogens (tertiary/aromatic N) is 6. The van der Waals surface area contributed by atoms with E-state index in [0.29, 0.717) is 18.1 Å². The molecule has 0 atom stereocenters. The van der Waals surface area contributed by atoms with Crippen LogP contribution < -0.4 is 0 Å². The Labute approximate surface area is 121 Å². The summed E-state index contributed by atoms with van der Waals surface area (Å²) in [6, 6.07) is 0.241. The molecule has 2 heterocycles. The molecular formula is C11H16N6O3S. The summed E-state index contributed by atoms with van der Waals surface area (Å²) in [4.78, 5) is 4.07. The van der Waals surface area contributed by atoms with Crippen molar-refractivity contribution in [2.45, 2.75) is 50.2 Å². The van der Waals surface area contributed by atoms with E-state index in [0.717, 1.165) is 19.3 Å². The summed E-state index contributed by atoms with van der Waals surface area (Å²) in [5.41, 5.74) is 0. The molecular weight excluding hydrogens is 296 g/mol. The van der Waals surface area contributed by atoms with E-state index in [4.69, 9.17) is 4.52 Å². The molecule has 114 valence electrons. The maximum absolute atomic E-state index is 12.2. The van der Waals surface area contributed by atoms with Gasteiger partial charge in [-0.1, -0.05) is 12.1 Å². The minimum Gasteiger partial charge on any atom is -0.338 e. The van der Waals surface area contributed by atoms with Crippen molar-refractivity contribution in [3.63, 3.8) is 0 Å². The van der Waals surface area contributed by atoms with Gasteiger partial charge in [-0.15, -0.1) is 5.10 Å². The Morgan fingerprint density at radius 1 is 1.33 bits per heavy atom. The highest BCUT2D eigenvalue weighted by Crippen LogP contribution is 2.34. The van der Waals surface area contributed by atoms with Gasteiger partial charge >= 0.3 is 0 Å². The molecule has 9 nitrogen and oxygen atoms in total. The van der Waals surface area contributed by atoms with Crippen molar-refractivity contribution in [3.05, 3.63) is 17.5 Å². The Morgan fingerprint density at radius 2 is 2.14 bits per heavy atom. The van der Waals surface area contributed by atoms with Gasteiger partial charge in [0.25, 0.3) is 0 Å². The first kappa shape index (κ1) is 14.1. The number of hydrogen-bond donors (Lipinski definition) is 0. The van der Waals surface area contributed by atoms with Crippen molar-refractivity contribution in [2.75, 3.05) is 0 Å². The summed E-state index contributed by atoms with van der Waals surface area (Å²) < 4.78 is 30.9. The van der Waals surface area contributed by atoms with Crippen LogP contribution in [0.2, 0.25) is 0 Å². The maximum atomic E-state index is 12.2. The molecule has 21 heavy (non-hydrogen) atoms. The number of tetrazole rings is 1.